The molecule has 1 N–H and O–H groups in total. The van der Waals surface area contributed by atoms with E-state index in [0.717, 1.165) is 40.9 Å². The maximum Gasteiger partial charge on any atom is 0.158 e. The summed E-state index contributed by atoms with van der Waals surface area (Å²) in [5, 5.41) is 13.5. The van der Waals surface area contributed by atoms with Crippen LogP contribution in [0.4, 0.5) is 11.5 Å². The lowest BCUT2D eigenvalue weighted by molar-refractivity contribution is 0.712. The van der Waals surface area contributed by atoms with Gasteiger partial charge in [-0.1, -0.05) is 43.3 Å². The maximum absolute atomic E-state index is 4.62. The van der Waals surface area contributed by atoms with Gasteiger partial charge in [0.05, 0.1) is 23.9 Å². The molecule has 0 unspecified atom stereocenters. The van der Waals surface area contributed by atoms with Crippen LogP contribution < -0.4 is 5.32 Å². The second-order valence-electron chi connectivity index (χ2n) is 6.75. The van der Waals surface area contributed by atoms with Crippen molar-refractivity contribution >= 4 is 27.9 Å². The normalized spacial score (nSPS) is 11.3. The summed E-state index contributed by atoms with van der Waals surface area (Å²) in [4.78, 5) is 4.49. The van der Waals surface area contributed by atoms with E-state index in [0.29, 0.717) is 0 Å². The van der Waals surface area contributed by atoms with Crippen molar-refractivity contribution in [3.05, 3.63) is 84.4 Å². The average Bonchev–Trinajstić information content (AvgIpc) is 3.34. The summed E-state index contributed by atoms with van der Waals surface area (Å²) in [6, 6.07) is 18.7. The molecule has 5 rings (SSSR count). The van der Waals surface area contributed by atoms with Crippen molar-refractivity contribution in [2.45, 2.75) is 19.9 Å². The Labute approximate surface area is 162 Å². The summed E-state index contributed by atoms with van der Waals surface area (Å²) in [6.07, 6.45) is 6.39. The van der Waals surface area contributed by atoms with Crippen molar-refractivity contribution < 1.29 is 0 Å². The standard InChI is InChI=1S/C22H20N6/c1-2-17-11-12-27-21(17)22(23-15-25-27)26-19-9-6-10-20-18(19)13-24-28(20)14-16-7-4-3-5-8-16/h3-13,15H,2,14H2,1H3,(H,23,25,26). The molecular weight excluding hydrogens is 348 g/mol. The summed E-state index contributed by atoms with van der Waals surface area (Å²) in [6.45, 7) is 2.88. The molecule has 2 aromatic carbocycles. The molecule has 28 heavy (non-hydrogen) atoms. The minimum absolute atomic E-state index is 0.740. The molecule has 0 aliphatic carbocycles. The van der Waals surface area contributed by atoms with Gasteiger partial charge in [0.25, 0.3) is 0 Å². The van der Waals surface area contributed by atoms with E-state index < -0.39 is 0 Å². The molecule has 3 aromatic heterocycles. The van der Waals surface area contributed by atoms with E-state index >= 15 is 0 Å². The van der Waals surface area contributed by atoms with E-state index in [1.807, 2.05) is 33.7 Å². The number of fused-ring (bicyclic) bond motifs is 2. The molecule has 0 fully saturated rings. The van der Waals surface area contributed by atoms with Gasteiger partial charge in [-0.05, 0) is 35.7 Å². The Balaban J connectivity index is 1.55. The fraction of sp³-hybridized carbons (Fsp3) is 0.136. The lowest BCUT2D eigenvalue weighted by Crippen LogP contribution is -2.02. The molecule has 0 aliphatic heterocycles. The molecule has 5 aromatic rings. The number of rotatable bonds is 5. The summed E-state index contributed by atoms with van der Waals surface area (Å²) < 4.78 is 3.90. The van der Waals surface area contributed by atoms with Crippen LogP contribution in [0.2, 0.25) is 0 Å². The predicted molar refractivity (Wildman–Crippen MR) is 111 cm³/mol. The second kappa shape index (κ2) is 6.81. The largest absolute Gasteiger partial charge is 0.338 e. The molecule has 0 atom stereocenters. The van der Waals surface area contributed by atoms with Crippen LogP contribution in [0.3, 0.4) is 0 Å². The Bertz CT molecular complexity index is 1250. The first-order valence-corrected chi connectivity index (χ1v) is 9.40. The smallest absolute Gasteiger partial charge is 0.158 e. The first-order chi connectivity index (χ1) is 13.8. The highest BCUT2D eigenvalue weighted by molar-refractivity contribution is 5.94. The number of hydrogen-bond donors (Lipinski definition) is 1. The zero-order valence-electron chi connectivity index (χ0n) is 15.6. The molecule has 3 heterocycles. The zero-order chi connectivity index (χ0) is 18.9. The molecule has 0 spiro atoms. The van der Waals surface area contributed by atoms with Gasteiger partial charge < -0.3 is 5.32 Å². The molecule has 0 bridgehead atoms. The number of nitrogens with zero attached hydrogens (tertiary/aromatic N) is 5. The number of nitrogens with one attached hydrogen (secondary N) is 1. The quantitative estimate of drug-likeness (QED) is 0.498. The molecular formula is C22H20N6. The van der Waals surface area contributed by atoms with Crippen LogP contribution in [0.25, 0.3) is 16.4 Å². The van der Waals surface area contributed by atoms with E-state index in [2.05, 4.69) is 69.9 Å². The van der Waals surface area contributed by atoms with Crippen LogP contribution in [0, 0.1) is 0 Å². The minimum atomic E-state index is 0.740. The van der Waals surface area contributed by atoms with E-state index in [-0.39, 0.29) is 0 Å². The Morgan fingerprint density at radius 2 is 1.86 bits per heavy atom. The van der Waals surface area contributed by atoms with Crippen molar-refractivity contribution in [1.82, 2.24) is 24.4 Å². The predicted octanol–water partition coefficient (Wildman–Crippen LogP) is 4.43. The van der Waals surface area contributed by atoms with Crippen LogP contribution in [0.1, 0.15) is 18.1 Å². The Morgan fingerprint density at radius 3 is 2.71 bits per heavy atom. The number of aryl methyl sites for hydroxylation is 1. The number of benzene rings is 2. The number of aromatic nitrogens is 5. The fourth-order valence-corrected chi connectivity index (χ4v) is 3.62. The van der Waals surface area contributed by atoms with Gasteiger partial charge in [0.2, 0.25) is 0 Å². The molecule has 0 saturated carbocycles. The number of anilines is 2. The topological polar surface area (TPSA) is 60.0 Å². The fourth-order valence-electron chi connectivity index (χ4n) is 3.62. The van der Waals surface area contributed by atoms with Gasteiger partial charge >= 0.3 is 0 Å². The first kappa shape index (κ1) is 16.5. The van der Waals surface area contributed by atoms with Gasteiger partial charge in [-0.3, -0.25) is 4.68 Å². The van der Waals surface area contributed by atoms with Gasteiger partial charge in [-0.2, -0.15) is 10.2 Å². The molecule has 0 radical (unpaired) electrons. The Kier molecular flexibility index (Phi) is 4.01. The van der Waals surface area contributed by atoms with Gasteiger partial charge in [-0.25, -0.2) is 9.50 Å². The van der Waals surface area contributed by atoms with Gasteiger partial charge in [-0.15, -0.1) is 0 Å². The summed E-state index contributed by atoms with van der Waals surface area (Å²) >= 11 is 0. The van der Waals surface area contributed by atoms with E-state index in [4.69, 9.17) is 0 Å². The lowest BCUT2D eigenvalue weighted by Gasteiger charge is -2.10. The number of hydrogen-bond acceptors (Lipinski definition) is 4. The van der Waals surface area contributed by atoms with Crippen LogP contribution >= 0.6 is 0 Å². The summed E-state index contributed by atoms with van der Waals surface area (Å²) in [7, 11) is 0. The van der Waals surface area contributed by atoms with Gasteiger partial charge in [0, 0.05) is 11.6 Å². The van der Waals surface area contributed by atoms with Crippen molar-refractivity contribution in [1.29, 1.82) is 0 Å². The molecule has 6 heteroatoms. The van der Waals surface area contributed by atoms with Crippen LogP contribution in [-0.4, -0.2) is 24.4 Å². The van der Waals surface area contributed by atoms with E-state index in [1.54, 1.807) is 6.33 Å². The minimum Gasteiger partial charge on any atom is -0.338 e. The van der Waals surface area contributed by atoms with Crippen molar-refractivity contribution in [3.63, 3.8) is 0 Å². The summed E-state index contributed by atoms with van der Waals surface area (Å²) in [5.74, 6) is 0.806. The molecule has 6 nitrogen and oxygen atoms in total. The highest BCUT2D eigenvalue weighted by Gasteiger charge is 2.12. The third-order valence-corrected chi connectivity index (χ3v) is 5.03. The first-order valence-electron chi connectivity index (χ1n) is 9.40. The second-order valence-corrected chi connectivity index (χ2v) is 6.75. The van der Waals surface area contributed by atoms with E-state index in [9.17, 15) is 0 Å². The molecule has 0 aliphatic rings. The molecule has 0 amide bonds. The van der Waals surface area contributed by atoms with Crippen molar-refractivity contribution in [2.24, 2.45) is 0 Å². The molecule has 0 saturated heterocycles. The average molecular weight is 368 g/mol. The Morgan fingerprint density at radius 1 is 0.964 bits per heavy atom. The van der Waals surface area contributed by atoms with Crippen LogP contribution in [0.5, 0.6) is 0 Å². The monoisotopic (exact) mass is 368 g/mol. The maximum atomic E-state index is 4.62. The van der Waals surface area contributed by atoms with Crippen LogP contribution in [0.15, 0.2) is 73.3 Å². The zero-order valence-corrected chi connectivity index (χ0v) is 15.6. The van der Waals surface area contributed by atoms with Gasteiger partial charge in [0.1, 0.15) is 11.8 Å². The third kappa shape index (κ3) is 2.79. The SMILES string of the molecule is CCc1ccn2ncnc(Nc3cccc4c3cnn4Cc3ccccc3)c12. The highest BCUT2D eigenvalue weighted by atomic mass is 15.3. The van der Waals surface area contributed by atoms with Crippen LogP contribution in [-0.2, 0) is 13.0 Å². The molecule has 138 valence electrons. The Hall–Kier alpha value is -3.67. The van der Waals surface area contributed by atoms with E-state index in [1.165, 1.54) is 11.1 Å². The summed E-state index contributed by atoms with van der Waals surface area (Å²) in [5.41, 5.74) is 5.53. The van der Waals surface area contributed by atoms with Crippen molar-refractivity contribution in [3.8, 4) is 0 Å². The lowest BCUT2D eigenvalue weighted by atomic mass is 10.2. The van der Waals surface area contributed by atoms with Crippen molar-refractivity contribution in [2.75, 3.05) is 5.32 Å². The third-order valence-electron chi connectivity index (χ3n) is 5.03. The highest BCUT2D eigenvalue weighted by Crippen LogP contribution is 2.29. The van der Waals surface area contributed by atoms with Gasteiger partial charge in [0.15, 0.2) is 5.82 Å².